The van der Waals surface area contributed by atoms with Gasteiger partial charge in [0.25, 0.3) is 0 Å². The Morgan fingerprint density at radius 2 is 2.00 bits per heavy atom. The maximum Gasteiger partial charge on any atom is 0.410 e. The molecule has 0 radical (unpaired) electrons. The molecular formula is C21H29N3O4S. The third-order valence-corrected chi connectivity index (χ3v) is 5.78. The molecule has 1 N–H and O–H groups in total. The van der Waals surface area contributed by atoms with Crippen molar-refractivity contribution in [3.05, 3.63) is 35.9 Å². The quantitative estimate of drug-likeness (QED) is 0.414. The van der Waals surface area contributed by atoms with E-state index in [9.17, 15) is 9.59 Å². The molecular weight excluding hydrogens is 390 g/mol. The number of carbonyl (C=O) groups excluding carboxylic acids is 2. The van der Waals surface area contributed by atoms with Crippen molar-refractivity contribution >= 4 is 29.4 Å². The van der Waals surface area contributed by atoms with E-state index in [1.54, 1.807) is 6.92 Å². The van der Waals surface area contributed by atoms with E-state index >= 15 is 0 Å². The number of likely N-dealkylation sites (tertiary alicyclic amines) is 1. The van der Waals surface area contributed by atoms with Gasteiger partial charge in [-0.3, -0.25) is 9.69 Å². The summed E-state index contributed by atoms with van der Waals surface area (Å²) < 4.78 is 10.3. The first-order valence-corrected chi connectivity index (χ1v) is 10.7. The molecule has 1 atom stereocenters. The van der Waals surface area contributed by atoms with Crippen LogP contribution in [0.1, 0.15) is 44.2 Å². The lowest BCUT2D eigenvalue weighted by molar-refractivity contribution is -0.143. The van der Waals surface area contributed by atoms with E-state index in [0.29, 0.717) is 37.7 Å². The molecule has 2 heterocycles. The van der Waals surface area contributed by atoms with Gasteiger partial charge in [-0.25, -0.2) is 4.79 Å². The van der Waals surface area contributed by atoms with Crippen LogP contribution in [-0.2, 0) is 14.3 Å². The summed E-state index contributed by atoms with van der Waals surface area (Å²) in [6, 6.07) is 10.2. The molecule has 2 fully saturated rings. The average Bonchev–Trinajstić information content (AvgIpc) is 3.13. The van der Waals surface area contributed by atoms with Gasteiger partial charge in [-0.2, -0.15) is 0 Å². The van der Waals surface area contributed by atoms with Crippen molar-refractivity contribution in [2.24, 2.45) is 0 Å². The summed E-state index contributed by atoms with van der Waals surface area (Å²) >= 11 is 5.49. The molecule has 2 aliphatic rings. The summed E-state index contributed by atoms with van der Waals surface area (Å²) in [6.45, 7) is 4.85. The molecule has 7 nitrogen and oxygen atoms in total. The molecule has 0 aliphatic carbocycles. The van der Waals surface area contributed by atoms with E-state index in [1.165, 1.54) is 0 Å². The van der Waals surface area contributed by atoms with Crippen molar-refractivity contribution in [1.29, 1.82) is 0 Å². The number of esters is 1. The van der Waals surface area contributed by atoms with Gasteiger partial charge in [-0.1, -0.05) is 30.3 Å². The Bertz CT molecular complexity index is 707. The molecule has 1 unspecified atom stereocenters. The highest BCUT2D eigenvalue weighted by molar-refractivity contribution is 7.80. The molecule has 1 aromatic rings. The normalized spacial score (nSPS) is 19.8. The molecule has 158 valence electrons. The highest BCUT2D eigenvalue weighted by Crippen LogP contribution is 2.33. The van der Waals surface area contributed by atoms with Gasteiger partial charge >= 0.3 is 12.1 Å². The van der Waals surface area contributed by atoms with Crippen LogP contribution in [0.15, 0.2) is 30.3 Å². The molecule has 1 amide bonds. The largest absolute Gasteiger partial charge is 0.466 e. The lowest BCUT2D eigenvalue weighted by Crippen LogP contribution is -2.50. The maximum atomic E-state index is 12.4. The molecule has 1 aromatic carbocycles. The van der Waals surface area contributed by atoms with E-state index in [0.717, 1.165) is 31.5 Å². The standard InChI is InChI=1S/C21H29N3O4S/c1-2-27-19(25)9-6-12-22-20(29)23-13-10-17(11-14-23)24-18(15-28-21(24)26)16-7-4-3-5-8-16/h3-5,7-8,17-18H,2,6,9-15H2,1H3,(H,22,29). The third kappa shape index (κ3) is 5.59. The van der Waals surface area contributed by atoms with Crippen LogP contribution >= 0.6 is 12.2 Å². The minimum absolute atomic E-state index is 0.0202. The van der Waals surface area contributed by atoms with Gasteiger partial charge in [0, 0.05) is 32.1 Å². The highest BCUT2D eigenvalue weighted by Gasteiger charge is 2.40. The van der Waals surface area contributed by atoms with Gasteiger partial charge in [0.15, 0.2) is 5.11 Å². The summed E-state index contributed by atoms with van der Waals surface area (Å²) in [6.07, 6.45) is 2.56. The number of nitrogens with zero attached hydrogens (tertiary/aromatic N) is 2. The lowest BCUT2D eigenvalue weighted by Gasteiger charge is -2.38. The predicted molar refractivity (Wildman–Crippen MR) is 113 cm³/mol. The van der Waals surface area contributed by atoms with Gasteiger partial charge in [0.2, 0.25) is 0 Å². The van der Waals surface area contributed by atoms with Crippen molar-refractivity contribution < 1.29 is 19.1 Å². The Hall–Kier alpha value is -2.35. The number of carbonyl (C=O) groups is 2. The number of amides is 1. The zero-order chi connectivity index (χ0) is 20.6. The van der Waals surface area contributed by atoms with Gasteiger partial charge in [0.1, 0.15) is 6.61 Å². The fourth-order valence-corrected chi connectivity index (χ4v) is 4.17. The monoisotopic (exact) mass is 419 g/mol. The van der Waals surface area contributed by atoms with Gasteiger partial charge in [-0.15, -0.1) is 0 Å². The molecule has 2 saturated heterocycles. The summed E-state index contributed by atoms with van der Waals surface area (Å²) in [4.78, 5) is 27.8. The van der Waals surface area contributed by atoms with Crippen molar-refractivity contribution in [3.8, 4) is 0 Å². The lowest BCUT2D eigenvalue weighted by atomic mass is 9.99. The smallest absolute Gasteiger partial charge is 0.410 e. The number of hydrogen-bond acceptors (Lipinski definition) is 5. The van der Waals surface area contributed by atoms with Crippen LogP contribution in [0.4, 0.5) is 4.79 Å². The first kappa shape index (κ1) is 21.4. The number of benzene rings is 1. The van der Waals surface area contributed by atoms with Crippen LogP contribution in [-0.4, -0.2) is 65.9 Å². The number of nitrogens with one attached hydrogen (secondary N) is 1. The summed E-state index contributed by atoms with van der Waals surface area (Å²) in [5.74, 6) is -0.175. The van der Waals surface area contributed by atoms with Crippen LogP contribution in [0.5, 0.6) is 0 Å². The zero-order valence-corrected chi connectivity index (χ0v) is 17.7. The van der Waals surface area contributed by atoms with Gasteiger partial charge < -0.3 is 19.7 Å². The van der Waals surface area contributed by atoms with Gasteiger partial charge in [0.05, 0.1) is 12.6 Å². The van der Waals surface area contributed by atoms with Crippen LogP contribution in [0.3, 0.4) is 0 Å². The fraction of sp³-hybridized carbons (Fsp3) is 0.571. The van der Waals surface area contributed by atoms with Crippen molar-refractivity contribution in [1.82, 2.24) is 15.1 Å². The van der Waals surface area contributed by atoms with E-state index in [2.05, 4.69) is 10.2 Å². The number of rotatable bonds is 7. The first-order valence-electron chi connectivity index (χ1n) is 10.3. The number of ether oxygens (including phenoxy) is 2. The molecule has 3 rings (SSSR count). The Kier molecular flexibility index (Phi) is 7.69. The fourth-order valence-electron chi connectivity index (χ4n) is 3.89. The molecule has 0 bridgehead atoms. The van der Waals surface area contributed by atoms with Gasteiger partial charge in [-0.05, 0) is 44.0 Å². The molecule has 0 saturated carbocycles. The SMILES string of the molecule is CCOC(=O)CCCNC(=S)N1CCC(N2C(=O)OCC2c2ccccc2)CC1. The predicted octanol–water partition coefficient (Wildman–Crippen LogP) is 2.86. The second kappa shape index (κ2) is 10.4. The Labute approximate surface area is 177 Å². The zero-order valence-electron chi connectivity index (χ0n) is 16.8. The second-order valence-corrected chi connectivity index (χ2v) is 7.66. The van der Waals surface area contributed by atoms with Crippen molar-refractivity contribution in [2.75, 3.05) is 32.8 Å². The summed E-state index contributed by atoms with van der Waals surface area (Å²) in [7, 11) is 0. The topological polar surface area (TPSA) is 71.1 Å². The summed E-state index contributed by atoms with van der Waals surface area (Å²) in [5, 5.41) is 3.93. The second-order valence-electron chi connectivity index (χ2n) is 7.27. The first-order chi connectivity index (χ1) is 14.1. The van der Waals surface area contributed by atoms with Crippen LogP contribution in [0.2, 0.25) is 0 Å². The number of piperidine rings is 1. The van der Waals surface area contributed by atoms with Crippen molar-refractivity contribution in [3.63, 3.8) is 0 Å². The maximum absolute atomic E-state index is 12.4. The average molecular weight is 420 g/mol. The number of thiocarbonyl (C=S) groups is 1. The molecule has 0 aromatic heterocycles. The van der Waals surface area contributed by atoms with Crippen molar-refractivity contribution in [2.45, 2.75) is 44.7 Å². The minimum Gasteiger partial charge on any atom is -0.466 e. The van der Waals surface area contributed by atoms with E-state index in [4.69, 9.17) is 21.7 Å². The van der Waals surface area contributed by atoms with Crippen LogP contribution in [0.25, 0.3) is 0 Å². The third-order valence-electron chi connectivity index (χ3n) is 5.38. The number of hydrogen-bond donors (Lipinski definition) is 1. The highest BCUT2D eigenvalue weighted by atomic mass is 32.1. The Balaban J connectivity index is 1.45. The number of cyclic esters (lactones) is 1. The Morgan fingerprint density at radius 3 is 2.69 bits per heavy atom. The van der Waals surface area contributed by atoms with E-state index < -0.39 is 0 Å². The molecule has 0 spiro atoms. The molecule has 29 heavy (non-hydrogen) atoms. The minimum atomic E-state index is -0.225. The summed E-state index contributed by atoms with van der Waals surface area (Å²) in [5.41, 5.74) is 1.11. The van der Waals surface area contributed by atoms with Crippen LogP contribution in [0, 0.1) is 0 Å². The van der Waals surface area contributed by atoms with E-state index in [1.807, 2.05) is 35.2 Å². The van der Waals surface area contributed by atoms with Crippen LogP contribution < -0.4 is 5.32 Å². The van der Waals surface area contributed by atoms with E-state index in [-0.39, 0.29) is 24.1 Å². The Morgan fingerprint density at radius 1 is 1.28 bits per heavy atom. The molecule has 2 aliphatic heterocycles. The molecule has 8 heteroatoms.